The molecule has 0 aliphatic heterocycles. The fraction of sp³-hybridized carbons (Fsp3) is 0.0476. The molecule has 0 atom stereocenters. The molecule has 0 unspecified atom stereocenters. The van der Waals surface area contributed by atoms with E-state index in [1.165, 1.54) is 6.33 Å². The molecule has 0 radical (unpaired) electrons. The largest absolute Gasteiger partial charge is 0.360 e. The maximum Gasteiger partial charge on any atom is 0.353 e. The average Bonchev–Trinajstić information content (AvgIpc) is 2.73. The van der Waals surface area contributed by atoms with Gasteiger partial charge in [-0.1, -0.05) is 66.7 Å². The van der Waals surface area contributed by atoms with Crippen LogP contribution in [0.5, 0.6) is 0 Å². The molecule has 0 saturated heterocycles. The Hall–Kier alpha value is -4.00. The average molecular weight is 371 g/mol. The molecule has 2 N–H and O–H groups in total. The SMILES string of the molecule is O=[N+]([O-])c1c(NCc2ccccc2)ncnc1Nc1cccc2ccccc12. The lowest BCUT2D eigenvalue weighted by molar-refractivity contribution is -0.383. The van der Waals surface area contributed by atoms with Gasteiger partial charge in [0.15, 0.2) is 0 Å². The summed E-state index contributed by atoms with van der Waals surface area (Å²) in [5.74, 6) is 0.318. The smallest absolute Gasteiger partial charge is 0.353 e. The quantitative estimate of drug-likeness (QED) is 0.370. The molecule has 0 aliphatic rings. The van der Waals surface area contributed by atoms with E-state index in [0.29, 0.717) is 6.54 Å². The summed E-state index contributed by atoms with van der Waals surface area (Å²) in [5.41, 5.74) is 1.55. The molecule has 1 heterocycles. The summed E-state index contributed by atoms with van der Waals surface area (Å²) in [6.45, 7) is 0.423. The van der Waals surface area contributed by atoms with Gasteiger partial charge >= 0.3 is 5.69 Å². The molecule has 0 fully saturated rings. The number of hydrogen-bond acceptors (Lipinski definition) is 6. The van der Waals surface area contributed by atoms with Crippen molar-refractivity contribution in [1.82, 2.24) is 9.97 Å². The second-order valence-corrected chi connectivity index (χ2v) is 6.17. The lowest BCUT2D eigenvalue weighted by atomic mass is 10.1. The van der Waals surface area contributed by atoms with Crippen LogP contribution < -0.4 is 10.6 Å². The standard InChI is InChI=1S/C21H17N5O2/c27-26(28)19-20(22-13-15-7-2-1-3-8-15)23-14-24-21(19)25-18-12-6-10-16-9-4-5-11-17(16)18/h1-12,14H,13H2,(H2,22,23,24,25). The molecule has 0 bridgehead atoms. The number of benzene rings is 3. The summed E-state index contributed by atoms with van der Waals surface area (Å²) in [6.07, 6.45) is 1.31. The van der Waals surface area contributed by atoms with Gasteiger partial charge in [0.05, 0.1) is 4.92 Å². The summed E-state index contributed by atoms with van der Waals surface area (Å²) >= 11 is 0. The Morgan fingerprint density at radius 3 is 2.39 bits per heavy atom. The van der Waals surface area contributed by atoms with E-state index < -0.39 is 4.92 Å². The minimum Gasteiger partial charge on any atom is -0.360 e. The number of hydrogen-bond donors (Lipinski definition) is 2. The van der Waals surface area contributed by atoms with Crippen LogP contribution in [0.3, 0.4) is 0 Å². The normalized spacial score (nSPS) is 10.6. The highest BCUT2D eigenvalue weighted by atomic mass is 16.6. The van der Waals surface area contributed by atoms with Gasteiger partial charge in [-0.05, 0) is 17.0 Å². The van der Waals surface area contributed by atoms with Crippen molar-refractivity contribution in [3.05, 3.63) is 94.8 Å². The van der Waals surface area contributed by atoms with Crippen LogP contribution in [0.25, 0.3) is 10.8 Å². The summed E-state index contributed by atoms with van der Waals surface area (Å²) in [4.78, 5) is 19.5. The Morgan fingerprint density at radius 2 is 1.57 bits per heavy atom. The van der Waals surface area contributed by atoms with Gasteiger partial charge in [-0.3, -0.25) is 10.1 Å². The maximum absolute atomic E-state index is 11.8. The van der Waals surface area contributed by atoms with Crippen molar-refractivity contribution in [3.8, 4) is 0 Å². The van der Waals surface area contributed by atoms with Crippen LogP contribution in [0.15, 0.2) is 79.1 Å². The Kier molecular flexibility index (Phi) is 4.79. The van der Waals surface area contributed by atoms with E-state index in [-0.39, 0.29) is 17.3 Å². The first-order valence-electron chi connectivity index (χ1n) is 8.74. The van der Waals surface area contributed by atoms with Crippen LogP contribution in [0.1, 0.15) is 5.56 Å². The number of anilines is 3. The third-order valence-electron chi connectivity index (χ3n) is 4.35. The number of nitro groups is 1. The van der Waals surface area contributed by atoms with E-state index in [0.717, 1.165) is 22.0 Å². The van der Waals surface area contributed by atoms with Gasteiger partial charge in [0.25, 0.3) is 0 Å². The second-order valence-electron chi connectivity index (χ2n) is 6.17. The van der Waals surface area contributed by atoms with Crippen LogP contribution in [0.2, 0.25) is 0 Å². The van der Waals surface area contributed by atoms with E-state index in [4.69, 9.17) is 0 Å². The molecule has 0 amide bonds. The second kappa shape index (κ2) is 7.71. The summed E-state index contributed by atoms with van der Waals surface area (Å²) in [6, 6.07) is 23.2. The zero-order valence-corrected chi connectivity index (χ0v) is 14.9. The molecular formula is C21H17N5O2. The molecule has 0 saturated carbocycles. The fourth-order valence-corrected chi connectivity index (χ4v) is 3.02. The Labute approximate surface area is 161 Å². The van der Waals surface area contributed by atoms with Gasteiger partial charge < -0.3 is 10.6 Å². The molecule has 1 aromatic heterocycles. The van der Waals surface area contributed by atoms with Gasteiger partial charge in [-0.25, -0.2) is 9.97 Å². The van der Waals surface area contributed by atoms with Gasteiger partial charge in [0.1, 0.15) is 6.33 Å². The highest BCUT2D eigenvalue weighted by Crippen LogP contribution is 2.33. The topological polar surface area (TPSA) is 93.0 Å². The monoisotopic (exact) mass is 371 g/mol. The predicted octanol–water partition coefficient (Wildman–Crippen LogP) is 4.89. The highest BCUT2D eigenvalue weighted by molar-refractivity contribution is 5.96. The van der Waals surface area contributed by atoms with Crippen molar-refractivity contribution in [2.24, 2.45) is 0 Å². The Morgan fingerprint density at radius 1 is 0.857 bits per heavy atom. The third kappa shape index (κ3) is 3.59. The number of nitrogens with one attached hydrogen (secondary N) is 2. The van der Waals surface area contributed by atoms with Crippen LogP contribution in [-0.2, 0) is 6.54 Å². The number of fused-ring (bicyclic) bond motifs is 1. The molecule has 0 aliphatic carbocycles. The minimum absolute atomic E-state index is 0.145. The van der Waals surface area contributed by atoms with Crippen LogP contribution >= 0.6 is 0 Å². The number of nitrogens with zero attached hydrogens (tertiary/aromatic N) is 3. The van der Waals surface area contributed by atoms with Crippen molar-refractivity contribution >= 4 is 33.8 Å². The van der Waals surface area contributed by atoms with Gasteiger partial charge in [0, 0.05) is 17.6 Å². The summed E-state index contributed by atoms with van der Waals surface area (Å²) in [7, 11) is 0. The third-order valence-corrected chi connectivity index (χ3v) is 4.35. The van der Waals surface area contributed by atoms with Crippen LogP contribution in [0, 0.1) is 10.1 Å². The predicted molar refractivity (Wildman–Crippen MR) is 110 cm³/mol. The molecule has 7 heteroatoms. The fourth-order valence-electron chi connectivity index (χ4n) is 3.02. The summed E-state index contributed by atoms with van der Waals surface area (Å²) < 4.78 is 0. The van der Waals surface area contributed by atoms with Crippen molar-refractivity contribution in [2.45, 2.75) is 6.54 Å². The zero-order valence-electron chi connectivity index (χ0n) is 14.9. The Bertz CT molecular complexity index is 1130. The molecule has 4 aromatic rings. The van der Waals surface area contributed by atoms with E-state index in [1.54, 1.807) is 0 Å². The first kappa shape index (κ1) is 17.4. The van der Waals surface area contributed by atoms with E-state index in [2.05, 4.69) is 20.6 Å². The number of aromatic nitrogens is 2. The Balaban J connectivity index is 1.68. The molecular weight excluding hydrogens is 354 g/mol. The molecule has 3 aromatic carbocycles. The van der Waals surface area contributed by atoms with Gasteiger partial charge in [-0.2, -0.15) is 0 Å². The lowest BCUT2D eigenvalue weighted by Gasteiger charge is -2.12. The highest BCUT2D eigenvalue weighted by Gasteiger charge is 2.23. The molecule has 0 spiro atoms. The van der Waals surface area contributed by atoms with E-state index >= 15 is 0 Å². The maximum atomic E-state index is 11.8. The molecule has 4 rings (SSSR count). The van der Waals surface area contributed by atoms with E-state index in [1.807, 2.05) is 72.8 Å². The zero-order chi connectivity index (χ0) is 19.3. The first-order chi connectivity index (χ1) is 13.7. The van der Waals surface area contributed by atoms with Crippen molar-refractivity contribution < 1.29 is 4.92 Å². The van der Waals surface area contributed by atoms with E-state index in [9.17, 15) is 10.1 Å². The van der Waals surface area contributed by atoms with Crippen LogP contribution in [0.4, 0.5) is 23.0 Å². The van der Waals surface area contributed by atoms with Gasteiger partial charge in [-0.15, -0.1) is 0 Å². The molecule has 138 valence electrons. The van der Waals surface area contributed by atoms with Crippen molar-refractivity contribution in [3.63, 3.8) is 0 Å². The van der Waals surface area contributed by atoms with Gasteiger partial charge in [0.2, 0.25) is 11.6 Å². The lowest BCUT2D eigenvalue weighted by Crippen LogP contribution is -2.08. The molecule has 7 nitrogen and oxygen atoms in total. The van der Waals surface area contributed by atoms with Crippen LogP contribution in [-0.4, -0.2) is 14.9 Å². The first-order valence-corrected chi connectivity index (χ1v) is 8.74. The minimum atomic E-state index is -0.471. The summed E-state index contributed by atoms with van der Waals surface area (Å²) in [5, 5.41) is 19.9. The van der Waals surface area contributed by atoms with Crippen molar-refractivity contribution in [1.29, 1.82) is 0 Å². The molecule has 28 heavy (non-hydrogen) atoms. The van der Waals surface area contributed by atoms with Crippen molar-refractivity contribution in [2.75, 3.05) is 10.6 Å². The number of rotatable bonds is 6.